The molecule has 0 saturated carbocycles. The second kappa shape index (κ2) is 15.1. The van der Waals surface area contributed by atoms with Gasteiger partial charge in [-0.2, -0.15) is 9.97 Å². The van der Waals surface area contributed by atoms with Crippen LogP contribution in [0.15, 0.2) is 18.2 Å². The van der Waals surface area contributed by atoms with Crippen molar-refractivity contribution in [3.8, 4) is 17.1 Å². The molecule has 0 spiro atoms. The molecule has 3 aliphatic heterocycles. The number of rotatable bonds is 7. The zero-order valence-electron chi connectivity index (χ0n) is 32.3. The minimum Gasteiger partial charge on any atom is -0.459 e. The fraction of sp³-hybridized carbons (Fsp3) is 0.564. The third kappa shape index (κ3) is 8.53. The highest BCUT2D eigenvalue weighted by Crippen LogP contribution is 2.45. The number of fused-ring (bicyclic) bond motifs is 4. The van der Waals surface area contributed by atoms with E-state index in [0.29, 0.717) is 30.8 Å². The van der Waals surface area contributed by atoms with E-state index in [4.69, 9.17) is 30.8 Å². The highest BCUT2D eigenvalue weighted by molar-refractivity contribution is 7.22. The first-order chi connectivity index (χ1) is 25.9. The SMILES string of the molecule is CC(CN1CCCCC1)Oc1nc(N2C3CCC2CN(C(=O)OC(C)(C)C)C3)c2cc(Cl)c(-c3ccc(F)c4sc(NC(=O)OC(C)(C)C)nc34)c(F)c2n1. The maximum absolute atomic E-state index is 17.3. The summed E-state index contributed by atoms with van der Waals surface area (Å²) in [5.41, 5.74) is -1.10. The van der Waals surface area contributed by atoms with Crippen LogP contribution in [0.2, 0.25) is 5.02 Å². The van der Waals surface area contributed by atoms with E-state index in [2.05, 4.69) is 25.1 Å². The van der Waals surface area contributed by atoms with E-state index in [1.807, 2.05) is 27.7 Å². The lowest BCUT2D eigenvalue weighted by Crippen LogP contribution is -2.56. The lowest BCUT2D eigenvalue weighted by atomic mass is 10.0. The van der Waals surface area contributed by atoms with E-state index in [-0.39, 0.29) is 67.3 Å². The number of nitrogens with one attached hydrogen (secondary N) is 1. The van der Waals surface area contributed by atoms with E-state index >= 15 is 8.78 Å². The molecular weight excluding hydrogens is 752 g/mol. The Kier molecular flexibility index (Phi) is 10.8. The predicted octanol–water partition coefficient (Wildman–Crippen LogP) is 9.03. The molecule has 2 bridgehead atoms. The number of anilines is 2. The Labute approximate surface area is 328 Å². The van der Waals surface area contributed by atoms with Crippen molar-refractivity contribution in [3.63, 3.8) is 0 Å². The predicted molar refractivity (Wildman–Crippen MR) is 210 cm³/mol. The summed E-state index contributed by atoms with van der Waals surface area (Å²) >= 11 is 7.88. The van der Waals surface area contributed by atoms with Crippen molar-refractivity contribution in [2.45, 2.75) is 110 Å². The topological polar surface area (TPSA) is 122 Å². The largest absolute Gasteiger partial charge is 0.459 e. The summed E-state index contributed by atoms with van der Waals surface area (Å²) in [5, 5.41) is 3.07. The highest BCUT2D eigenvalue weighted by atomic mass is 35.5. The number of hydrogen-bond donors (Lipinski definition) is 1. The molecule has 3 atom stereocenters. The lowest BCUT2D eigenvalue weighted by molar-refractivity contribution is 0.0209. The van der Waals surface area contributed by atoms with Gasteiger partial charge < -0.3 is 24.0 Å². The van der Waals surface area contributed by atoms with Gasteiger partial charge in [0.1, 0.15) is 34.5 Å². The Balaban J connectivity index is 1.30. The first-order valence-electron chi connectivity index (χ1n) is 18.9. The molecule has 16 heteroatoms. The van der Waals surface area contributed by atoms with Crippen LogP contribution in [-0.4, -0.2) is 99.1 Å². The number of halogens is 3. The zero-order valence-corrected chi connectivity index (χ0v) is 33.9. The third-order valence-corrected chi connectivity index (χ3v) is 11.1. The number of hydrogen-bond acceptors (Lipinski definition) is 11. The van der Waals surface area contributed by atoms with Gasteiger partial charge >= 0.3 is 18.2 Å². The second-order valence-corrected chi connectivity index (χ2v) is 18.1. The first-order valence-corrected chi connectivity index (χ1v) is 20.1. The smallest absolute Gasteiger partial charge is 0.413 e. The monoisotopic (exact) mass is 799 g/mol. The van der Waals surface area contributed by atoms with Crippen LogP contribution in [0.5, 0.6) is 6.01 Å². The lowest BCUT2D eigenvalue weighted by Gasteiger charge is -2.42. The maximum Gasteiger partial charge on any atom is 0.413 e. The minimum atomic E-state index is -0.765. The maximum atomic E-state index is 17.3. The number of likely N-dealkylation sites (tertiary alicyclic amines) is 2. The van der Waals surface area contributed by atoms with E-state index in [1.54, 1.807) is 31.7 Å². The highest BCUT2D eigenvalue weighted by Gasteiger charge is 2.44. The molecule has 1 N–H and O–H groups in total. The van der Waals surface area contributed by atoms with Gasteiger partial charge in [0, 0.05) is 48.2 Å². The molecule has 3 unspecified atom stereocenters. The van der Waals surface area contributed by atoms with Gasteiger partial charge in [0.2, 0.25) is 0 Å². The van der Waals surface area contributed by atoms with Gasteiger partial charge in [-0.15, -0.1) is 0 Å². The third-order valence-electron chi connectivity index (χ3n) is 9.86. The average Bonchev–Trinajstić information content (AvgIpc) is 3.62. The molecule has 3 saturated heterocycles. The average molecular weight is 800 g/mol. The Morgan fingerprint density at radius 2 is 1.64 bits per heavy atom. The first kappa shape index (κ1) is 39.2. The van der Waals surface area contributed by atoms with Crippen molar-refractivity contribution >= 4 is 67.2 Å². The van der Waals surface area contributed by atoms with E-state index < -0.39 is 28.9 Å². The Bertz CT molecular complexity index is 2100. The number of carbonyl (C=O) groups is 2. The minimum absolute atomic E-state index is 0.0154. The molecule has 12 nitrogen and oxygen atoms in total. The van der Waals surface area contributed by atoms with Crippen LogP contribution in [0.1, 0.15) is 80.6 Å². The Hall–Kier alpha value is -4.08. The van der Waals surface area contributed by atoms with E-state index in [9.17, 15) is 9.59 Å². The van der Waals surface area contributed by atoms with E-state index in [0.717, 1.165) is 50.1 Å². The second-order valence-electron chi connectivity index (χ2n) is 16.7. The van der Waals surface area contributed by atoms with Crippen LogP contribution in [0.4, 0.5) is 29.3 Å². The molecule has 2 amide bonds. The number of aromatic nitrogens is 3. The molecule has 296 valence electrons. The van der Waals surface area contributed by atoms with Crippen molar-refractivity contribution in [1.29, 1.82) is 0 Å². The number of piperazine rings is 1. The van der Waals surface area contributed by atoms with Crippen LogP contribution in [0.25, 0.3) is 32.2 Å². The van der Waals surface area contributed by atoms with Crippen molar-refractivity contribution in [2.24, 2.45) is 0 Å². The number of amides is 2. The molecule has 2 aromatic heterocycles. The summed E-state index contributed by atoms with van der Waals surface area (Å²) in [5.74, 6) is -0.868. The molecular formula is C39H48ClF2N7O5S. The van der Waals surface area contributed by atoms with Gasteiger partial charge in [-0.05, 0) is 105 Å². The number of ether oxygens (including phenoxy) is 3. The van der Waals surface area contributed by atoms with Crippen LogP contribution >= 0.6 is 22.9 Å². The summed E-state index contributed by atoms with van der Waals surface area (Å²) in [6.07, 6.45) is 3.64. The number of thiazole rings is 1. The molecule has 2 aromatic carbocycles. The Morgan fingerprint density at radius 1 is 0.964 bits per heavy atom. The molecule has 0 radical (unpaired) electrons. The molecule has 4 aromatic rings. The van der Waals surface area contributed by atoms with Gasteiger partial charge in [0.15, 0.2) is 10.9 Å². The molecule has 55 heavy (non-hydrogen) atoms. The fourth-order valence-electron chi connectivity index (χ4n) is 7.73. The Morgan fingerprint density at radius 3 is 2.29 bits per heavy atom. The molecule has 5 heterocycles. The number of piperidine rings is 1. The molecule has 7 rings (SSSR count). The summed E-state index contributed by atoms with van der Waals surface area (Å²) < 4.78 is 50.0. The van der Waals surface area contributed by atoms with Crippen molar-refractivity contribution in [1.82, 2.24) is 24.8 Å². The van der Waals surface area contributed by atoms with Crippen LogP contribution in [-0.2, 0) is 9.47 Å². The van der Waals surface area contributed by atoms with Gasteiger partial charge in [0.05, 0.1) is 15.2 Å². The summed E-state index contributed by atoms with van der Waals surface area (Å²) in [4.78, 5) is 46.0. The van der Waals surface area contributed by atoms with Gasteiger partial charge in [0.25, 0.3) is 0 Å². The quantitative estimate of drug-likeness (QED) is 0.194. The van der Waals surface area contributed by atoms with Crippen LogP contribution < -0.4 is 15.0 Å². The normalized spacial score (nSPS) is 19.9. The summed E-state index contributed by atoms with van der Waals surface area (Å²) in [6.45, 7) is 16.1. The molecule has 0 aliphatic carbocycles. The fourth-order valence-corrected chi connectivity index (χ4v) is 8.90. The van der Waals surface area contributed by atoms with Crippen molar-refractivity contribution in [3.05, 3.63) is 34.9 Å². The van der Waals surface area contributed by atoms with Gasteiger partial charge in [-0.1, -0.05) is 29.4 Å². The van der Waals surface area contributed by atoms with Crippen molar-refractivity contribution in [2.75, 3.05) is 42.9 Å². The number of nitrogens with zero attached hydrogens (tertiary/aromatic N) is 6. The summed E-state index contributed by atoms with van der Waals surface area (Å²) in [6, 6.07) is 4.06. The zero-order chi connectivity index (χ0) is 39.4. The molecule has 3 aliphatic rings. The van der Waals surface area contributed by atoms with Gasteiger partial charge in [-0.25, -0.2) is 23.4 Å². The number of carbonyl (C=O) groups excluding carboxylic acids is 2. The van der Waals surface area contributed by atoms with Crippen LogP contribution in [0.3, 0.4) is 0 Å². The van der Waals surface area contributed by atoms with Crippen LogP contribution in [0, 0.1) is 11.6 Å². The van der Waals surface area contributed by atoms with Gasteiger partial charge in [-0.3, -0.25) is 10.2 Å². The number of benzene rings is 2. The van der Waals surface area contributed by atoms with E-state index in [1.165, 1.54) is 18.6 Å². The standard InChI is InChI=1S/C39H48ClF2N7O5S/c1-21(18-47-15-9-8-10-16-47)52-34-43-30-25(33(45-34)49-22-11-12-23(49)20-48(19-22)37(51)54-39(5,6)7)17-26(40)28(29(30)42)24-13-14-27(41)32-31(24)44-35(55-32)46-36(50)53-38(2,3)4/h13-14,17,21-23H,8-12,15-16,18-20H2,1-7H3,(H,44,46,50). The summed E-state index contributed by atoms with van der Waals surface area (Å²) in [7, 11) is 0. The van der Waals surface area contributed by atoms with Crippen molar-refractivity contribution < 1.29 is 32.6 Å². The molecule has 3 fully saturated rings.